The molecule has 0 heterocycles. The van der Waals surface area contributed by atoms with Crippen LogP contribution in [0.3, 0.4) is 0 Å². The highest BCUT2D eigenvalue weighted by Crippen LogP contribution is 2.24. The average molecular weight is 189 g/mol. The normalized spacial score (nSPS) is 9.64. The molecule has 0 unspecified atom stereocenters. The molecule has 0 atom stereocenters. The second-order valence-electron chi connectivity index (χ2n) is 1.93. The Morgan fingerprint density at radius 1 is 1.36 bits per heavy atom. The topological polar surface area (TPSA) is 40.9 Å². The first kappa shape index (κ1) is 8.37. The van der Waals surface area contributed by atoms with Crippen LogP contribution in [0.25, 0.3) is 0 Å². The van der Waals surface area contributed by atoms with E-state index >= 15 is 0 Å². The number of hydrogen-bond donors (Lipinski definition) is 0. The minimum Gasteiger partial charge on any atom is -0.267 e. The highest BCUT2D eigenvalue weighted by Gasteiger charge is 2.08. The zero-order valence-corrected chi connectivity index (χ0v) is 6.91. The predicted molar refractivity (Wildman–Crippen MR) is 43.9 cm³/mol. The fraction of sp³-hybridized carbons (Fsp3) is 0. The summed E-state index contributed by atoms with van der Waals surface area (Å²) in [5.74, 6) is -0.822. The number of carbonyl (C=O) groups is 1. The van der Waals surface area contributed by atoms with E-state index in [1.165, 1.54) is 6.07 Å². The first-order valence-corrected chi connectivity index (χ1v) is 3.58. The summed E-state index contributed by atoms with van der Waals surface area (Å²) >= 11 is 11.2. The van der Waals surface area contributed by atoms with Gasteiger partial charge in [0.1, 0.15) is 0 Å². The Morgan fingerprint density at radius 2 is 2.00 bits per heavy atom. The zero-order valence-electron chi connectivity index (χ0n) is 5.40. The first-order chi connectivity index (χ1) is 5.13. The molecule has 1 aromatic carbocycles. The van der Waals surface area contributed by atoms with Gasteiger partial charge in [0.2, 0.25) is 0 Å². The number of amides is 1. The molecule has 1 radical (unpaired) electrons. The van der Waals surface area contributed by atoms with Crippen LogP contribution in [-0.4, -0.2) is 5.91 Å². The zero-order chi connectivity index (χ0) is 8.43. The fourth-order valence-electron chi connectivity index (χ4n) is 0.679. The van der Waals surface area contributed by atoms with Crippen LogP contribution >= 0.6 is 23.2 Å². The number of carbonyl (C=O) groups excluding carboxylic acids is 1. The summed E-state index contributed by atoms with van der Waals surface area (Å²) in [7, 11) is 0. The smallest absolute Gasteiger partial charge is 0.267 e. The number of nitrogens with one attached hydrogen (secondary N) is 1. The summed E-state index contributed by atoms with van der Waals surface area (Å²) in [5, 5.41) is 0.443. The van der Waals surface area contributed by atoms with E-state index in [2.05, 4.69) is 0 Å². The molecule has 57 valence electrons. The van der Waals surface area contributed by atoms with E-state index in [1.54, 1.807) is 12.1 Å². The second-order valence-corrected chi connectivity index (χ2v) is 2.72. The van der Waals surface area contributed by atoms with Crippen molar-refractivity contribution in [1.29, 1.82) is 0 Å². The third-order valence-electron chi connectivity index (χ3n) is 1.20. The maximum Gasteiger partial charge on any atom is 0.271 e. The van der Waals surface area contributed by atoms with Gasteiger partial charge in [-0.05, 0) is 12.1 Å². The molecule has 0 aliphatic carbocycles. The molecular weight excluding hydrogens is 185 g/mol. The van der Waals surface area contributed by atoms with E-state index in [4.69, 9.17) is 28.9 Å². The molecule has 1 N–H and O–H groups in total. The van der Waals surface area contributed by atoms with Crippen LogP contribution in [0.2, 0.25) is 10.0 Å². The quantitative estimate of drug-likeness (QED) is 0.668. The maximum atomic E-state index is 10.5. The highest BCUT2D eigenvalue weighted by molar-refractivity contribution is 6.43. The molecule has 11 heavy (non-hydrogen) atoms. The van der Waals surface area contributed by atoms with Gasteiger partial charge in [-0.2, -0.15) is 0 Å². The molecule has 0 saturated heterocycles. The lowest BCUT2D eigenvalue weighted by Gasteiger charge is -1.98. The molecule has 0 bridgehead atoms. The minimum atomic E-state index is -0.822. The van der Waals surface area contributed by atoms with E-state index in [-0.39, 0.29) is 10.6 Å². The molecule has 1 rings (SSSR count). The third-order valence-corrected chi connectivity index (χ3v) is 2.02. The average Bonchev–Trinajstić information content (AvgIpc) is 1.94. The van der Waals surface area contributed by atoms with Gasteiger partial charge < -0.3 is 0 Å². The van der Waals surface area contributed by atoms with Gasteiger partial charge in [0.25, 0.3) is 5.91 Å². The molecule has 0 aliphatic heterocycles. The highest BCUT2D eigenvalue weighted by atomic mass is 35.5. The van der Waals surface area contributed by atoms with Crippen LogP contribution in [0.15, 0.2) is 18.2 Å². The van der Waals surface area contributed by atoms with Gasteiger partial charge in [-0.1, -0.05) is 29.3 Å². The lowest BCUT2D eigenvalue weighted by molar-refractivity contribution is 0.0992. The summed E-state index contributed by atoms with van der Waals surface area (Å²) in [4.78, 5) is 10.5. The molecule has 0 aromatic heterocycles. The van der Waals surface area contributed by atoms with Crippen molar-refractivity contribution in [3.05, 3.63) is 33.8 Å². The molecule has 2 nitrogen and oxygen atoms in total. The summed E-state index contributed by atoms with van der Waals surface area (Å²) < 4.78 is 0. The Morgan fingerprint density at radius 3 is 2.45 bits per heavy atom. The standard InChI is InChI=1S/C7H4Cl2NO/c8-5-3-1-2-4(6(5)9)7(10)11/h1-3,10H. The van der Waals surface area contributed by atoms with Crippen molar-refractivity contribution in [2.24, 2.45) is 0 Å². The van der Waals surface area contributed by atoms with E-state index in [0.717, 1.165) is 0 Å². The van der Waals surface area contributed by atoms with Gasteiger partial charge in [-0.3, -0.25) is 10.5 Å². The Kier molecular flexibility index (Phi) is 2.37. The van der Waals surface area contributed by atoms with Gasteiger partial charge in [-0.15, -0.1) is 0 Å². The summed E-state index contributed by atoms with van der Waals surface area (Å²) in [6.07, 6.45) is 0. The molecule has 0 spiro atoms. The lowest BCUT2D eigenvalue weighted by Crippen LogP contribution is -1.99. The lowest BCUT2D eigenvalue weighted by atomic mass is 10.2. The van der Waals surface area contributed by atoms with Gasteiger partial charge in [0.15, 0.2) is 0 Å². The third kappa shape index (κ3) is 1.64. The van der Waals surface area contributed by atoms with Gasteiger partial charge >= 0.3 is 0 Å². The van der Waals surface area contributed by atoms with Crippen LogP contribution in [0.5, 0.6) is 0 Å². The van der Waals surface area contributed by atoms with Crippen molar-refractivity contribution in [3.63, 3.8) is 0 Å². The van der Waals surface area contributed by atoms with Crippen molar-refractivity contribution in [3.8, 4) is 0 Å². The summed E-state index contributed by atoms with van der Waals surface area (Å²) in [6, 6.07) is 4.61. The first-order valence-electron chi connectivity index (χ1n) is 2.83. The van der Waals surface area contributed by atoms with Crippen LogP contribution in [0.4, 0.5) is 0 Å². The monoisotopic (exact) mass is 188 g/mol. The molecule has 0 saturated carbocycles. The van der Waals surface area contributed by atoms with Crippen LogP contribution in [-0.2, 0) is 0 Å². The van der Waals surface area contributed by atoms with Crippen LogP contribution < -0.4 is 5.73 Å². The Balaban J connectivity index is 3.27. The largest absolute Gasteiger partial charge is 0.271 e. The number of benzene rings is 1. The van der Waals surface area contributed by atoms with E-state index in [1.807, 2.05) is 0 Å². The fourth-order valence-corrected chi connectivity index (χ4v) is 1.07. The van der Waals surface area contributed by atoms with Crippen LogP contribution in [0.1, 0.15) is 10.4 Å². The molecular formula is C7H4Cl2NO. The SMILES string of the molecule is [NH]C(=O)c1cccc(Cl)c1Cl. The Bertz CT molecular complexity index is 298. The summed E-state index contributed by atoms with van der Waals surface area (Å²) in [6.45, 7) is 0. The van der Waals surface area contributed by atoms with E-state index in [9.17, 15) is 4.79 Å². The van der Waals surface area contributed by atoms with Crippen molar-refractivity contribution in [1.82, 2.24) is 5.73 Å². The molecule has 1 aromatic rings. The summed E-state index contributed by atoms with van der Waals surface area (Å²) in [5.41, 5.74) is 6.91. The van der Waals surface area contributed by atoms with Crippen molar-refractivity contribution < 1.29 is 4.79 Å². The van der Waals surface area contributed by atoms with E-state index < -0.39 is 5.91 Å². The second kappa shape index (κ2) is 3.11. The van der Waals surface area contributed by atoms with Crippen LogP contribution in [0, 0.1) is 0 Å². The Labute approximate surface area is 73.9 Å². The molecule has 0 aliphatic rings. The number of rotatable bonds is 1. The van der Waals surface area contributed by atoms with E-state index in [0.29, 0.717) is 5.02 Å². The minimum absolute atomic E-state index is 0.138. The molecule has 4 heteroatoms. The predicted octanol–water partition coefficient (Wildman–Crippen LogP) is 2.42. The Hall–Kier alpha value is -0.730. The van der Waals surface area contributed by atoms with Crippen molar-refractivity contribution in [2.75, 3.05) is 0 Å². The molecule has 0 fully saturated rings. The van der Waals surface area contributed by atoms with Gasteiger partial charge in [-0.25, -0.2) is 0 Å². The van der Waals surface area contributed by atoms with Gasteiger partial charge in [0, 0.05) is 0 Å². The van der Waals surface area contributed by atoms with Crippen molar-refractivity contribution in [2.45, 2.75) is 0 Å². The van der Waals surface area contributed by atoms with Gasteiger partial charge in [0.05, 0.1) is 15.6 Å². The number of hydrogen-bond acceptors (Lipinski definition) is 1. The van der Waals surface area contributed by atoms with Crippen molar-refractivity contribution >= 4 is 29.1 Å². The maximum absolute atomic E-state index is 10.5. The number of halogens is 2. The molecule has 1 amide bonds.